The lowest BCUT2D eigenvalue weighted by Crippen LogP contribution is -1.86. The number of aryl methyl sites for hydroxylation is 1. The van der Waals surface area contributed by atoms with Crippen LogP contribution in [0.3, 0.4) is 0 Å². The van der Waals surface area contributed by atoms with E-state index < -0.39 is 0 Å². The van der Waals surface area contributed by atoms with E-state index in [1.807, 2.05) is 18.2 Å². The highest BCUT2D eigenvalue weighted by Gasteiger charge is 1.96. The van der Waals surface area contributed by atoms with E-state index in [9.17, 15) is 0 Å². The van der Waals surface area contributed by atoms with Crippen LogP contribution in [-0.2, 0) is 6.42 Å². The van der Waals surface area contributed by atoms with Gasteiger partial charge in [0.1, 0.15) is 0 Å². The molecular formula is C12H12N. The Morgan fingerprint density at radius 1 is 1.31 bits per heavy atom. The number of rotatable bonds is 2. The Balaban J connectivity index is 2.49. The molecule has 1 nitrogen and oxygen atoms in total. The summed E-state index contributed by atoms with van der Waals surface area (Å²) >= 11 is 0. The lowest BCUT2D eigenvalue weighted by atomic mass is 10.1. The van der Waals surface area contributed by atoms with Crippen LogP contribution in [0.5, 0.6) is 0 Å². The number of pyridine rings is 1. The van der Waals surface area contributed by atoms with Crippen LogP contribution < -0.4 is 0 Å². The van der Waals surface area contributed by atoms with Gasteiger partial charge in [-0.1, -0.05) is 31.5 Å². The Labute approximate surface area is 78.4 Å². The van der Waals surface area contributed by atoms with Crippen LogP contribution in [0.4, 0.5) is 0 Å². The quantitative estimate of drug-likeness (QED) is 0.675. The third-order valence-electron chi connectivity index (χ3n) is 2.11. The summed E-state index contributed by atoms with van der Waals surface area (Å²) < 4.78 is 0. The van der Waals surface area contributed by atoms with Crippen molar-refractivity contribution in [2.24, 2.45) is 0 Å². The van der Waals surface area contributed by atoms with Gasteiger partial charge >= 0.3 is 0 Å². The number of fused-ring (bicyclic) bond motifs is 1. The van der Waals surface area contributed by atoms with Crippen molar-refractivity contribution in [1.82, 2.24) is 4.98 Å². The fraction of sp³-hybridized carbons (Fsp3) is 0.250. The number of para-hydroxylation sites is 1. The first-order valence-corrected chi connectivity index (χ1v) is 4.66. The first kappa shape index (κ1) is 8.24. The molecule has 13 heavy (non-hydrogen) atoms. The largest absolute Gasteiger partial charge is 0.246 e. The molecule has 1 aromatic carbocycles. The first-order chi connectivity index (χ1) is 6.40. The van der Waals surface area contributed by atoms with Crippen molar-refractivity contribution >= 4 is 10.9 Å². The van der Waals surface area contributed by atoms with E-state index in [1.165, 1.54) is 10.9 Å². The molecule has 0 amide bonds. The van der Waals surface area contributed by atoms with Crippen molar-refractivity contribution in [2.45, 2.75) is 19.8 Å². The maximum Gasteiger partial charge on any atom is 0.0928 e. The van der Waals surface area contributed by atoms with E-state index in [0.717, 1.165) is 18.4 Å². The van der Waals surface area contributed by atoms with Gasteiger partial charge in [0, 0.05) is 5.39 Å². The molecule has 0 aliphatic heterocycles. The summed E-state index contributed by atoms with van der Waals surface area (Å²) in [4.78, 5) is 4.27. The smallest absolute Gasteiger partial charge is 0.0928 e. The van der Waals surface area contributed by atoms with Gasteiger partial charge in [-0.05, 0) is 24.1 Å². The molecule has 1 heteroatoms. The van der Waals surface area contributed by atoms with Crippen molar-refractivity contribution in [3.8, 4) is 0 Å². The van der Waals surface area contributed by atoms with Gasteiger partial charge in [0.2, 0.25) is 0 Å². The zero-order valence-electron chi connectivity index (χ0n) is 7.75. The van der Waals surface area contributed by atoms with Gasteiger partial charge in [0.15, 0.2) is 0 Å². The number of aromatic nitrogens is 1. The molecular weight excluding hydrogens is 158 g/mol. The molecule has 0 fully saturated rings. The Kier molecular flexibility index (Phi) is 2.26. The molecule has 0 aliphatic rings. The fourth-order valence-corrected chi connectivity index (χ4v) is 1.46. The van der Waals surface area contributed by atoms with Crippen molar-refractivity contribution in [1.29, 1.82) is 0 Å². The van der Waals surface area contributed by atoms with E-state index in [2.05, 4.69) is 30.2 Å². The van der Waals surface area contributed by atoms with Crippen molar-refractivity contribution in [3.05, 3.63) is 42.1 Å². The molecule has 1 radical (unpaired) electrons. The molecule has 0 saturated carbocycles. The summed E-state index contributed by atoms with van der Waals surface area (Å²) in [7, 11) is 0. The van der Waals surface area contributed by atoms with Crippen LogP contribution >= 0.6 is 0 Å². The van der Waals surface area contributed by atoms with Crippen LogP contribution in [0.25, 0.3) is 10.9 Å². The lowest BCUT2D eigenvalue weighted by Gasteiger charge is -1.99. The second kappa shape index (κ2) is 3.56. The minimum atomic E-state index is 1.03. The molecule has 0 aliphatic carbocycles. The van der Waals surface area contributed by atoms with Crippen LogP contribution in [0.1, 0.15) is 18.9 Å². The third-order valence-corrected chi connectivity index (χ3v) is 2.11. The van der Waals surface area contributed by atoms with E-state index in [-0.39, 0.29) is 0 Å². The average Bonchev–Trinajstić information content (AvgIpc) is 2.18. The summed E-state index contributed by atoms with van der Waals surface area (Å²) in [6.07, 6.45) is 5.28. The van der Waals surface area contributed by atoms with Gasteiger partial charge in [0.05, 0.1) is 11.7 Å². The standard InChI is InChI=1S/C12H12N/c1-2-5-10-8-11-6-3-4-7-12(11)13-9-10/h3-4,6-8H,2,5H2,1H3. The lowest BCUT2D eigenvalue weighted by molar-refractivity contribution is 0.915. The number of hydrogen-bond donors (Lipinski definition) is 0. The SMILES string of the molecule is CCCc1[c]nc2ccccc2c1. The Morgan fingerprint density at radius 3 is 3.00 bits per heavy atom. The molecule has 0 saturated heterocycles. The number of benzene rings is 1. The molecule has 0 bridgehead atoms. The Morgan fingerprint density at radius 2 is 2.15 bits per heavy atom. The summed E-state index contributed by atoms with van der Waals surface area (Å²) in [6.45, 7) is 2.17. The van der Waals surface area contributed by atoms with Gasteiger partial charge in [-0.2, -0.15) is 0 Å². The summed E-state index contributed by atoms with van der Waals surface area (Å²) in [5.74, 6) is 0. The average molecular weight is 170 g/mol. The van der Waals surface area contributed by atoms with Crippen LogP contribution in [0.15, 0.2) is 30.3 Å². The molecule has 2 rings (SSSR count). The molecule has 0 unspecified atom stereocenters. The number of nitrogens with zero attached hydrogens (tertiary/aromatic N) is 1. The maximum absolute atomic E-state index is 4.27. The zero-order chi connectivity index (χ0) is 9.10. The van der Waals surface area contributed by atoms with E-state index >= 15 is 0 Å². The van der Waals surface area contributed by atoms with E-state index in [4.69, 9.17) is 0 Å². The predicted molar refractivity (Wildman–Crippen MR) is 54.6 cm³/mol. The van der Waals surface area contributed by atoms with Crippen LogP contribution in [0, 0.1) is 6.20 Å². The van der Waals surface area contributed by atoms with Crippen LogP contribution in [-0.4, -0.2) is 4.98 Å². The highest BCUT2D eigenvalue weighted by molar-refractivity contribution is 5.78. The minimum Gasteiger partial charge on any atom is -0.246 e. The molecule has 0 N–H and O–H groups in total. The van der Waals surface area contributed by atoms with Gasteiger partial charge in [0.25, 0.3) is 0 Å². The second-order valence-electron chi connectivity index (χ2n) is 3.20. The van der Waals surface area contributed by atoms with E-state index in [0.29, 0.717) is 0 Å². The second-order valence-corrected chi connectivity index (χ2v) is 3.20. The highest BCUT2D eigenvalue weighted by Crippen LogP contribution is 2.12. The normalized spacial score (nSPS) is 10.5. The fourth-order valence-electron chi connectivity index (χ4n) is 1.46. The van der Waals surface area contributed by atoms with Crippen LogP contribution in [0.2, 0.25) is 0 Å². The van der Waals surface area contributed by atoms with Gasteiger partial charge in [-0.15, -0.1) is 0 Å². The molecule has 1 aromatic heterocycles. The van der Waals surface area contributed by atoms with Gasteiger partial charge in [-0.3, -0.25) is 0 Å². The van der Waals surface area contributed by atoms with Crippen molar-refractivity contribution in [2.75, 3.05) is 0 Å². The Bertz CT molecular complexity index is 407. The topological polar surface area (TPSA) is 12.9 Å². The molecule has 1 heterocycles. The summed E-state index contributed by atoms with van der Waals surface area (Å²) in [5.41, 5.74) is 2.24. The van der Waals surface area contributed by atoms with E-state index in [1.54, 1.807) is 0 Å². The van der Waals surface area contributed by atoms with Gasteiger partial charge < -0.3 is 0 Å². The molecule has 2 aromatic rings. The zero-order valence-corrected chi connectivity index (χ0v) is 7.75. The predicted octanol–water partition coefficient (Wildman–Crippen LogP) is 2.99. The molecule has 0 spiro atoms. The van der Waals surface area contributed by atoms with Gasteiger partial charge in [-0.25, -0.2) is 4.98 Å². The highest BCUT2D eigenvalue weighted by atomic mass is 14.6. The summed E-state index contributed by atoms with van der Waals surface area (Å²) in [5, 5.41) is 1.21. The Hall–Kier alpha value is -1.37. The maximum atomic E-state index is 4.27. The first-order valence-electron chi connectivity index (χ1n) is 4.66. The van der Waals surface area contributed by atoms with Crippen molar-refractivity contribution < 1.29 is 0 Å². The third kappa shape index (κ3) is 1.69. The molecule has 65 valence electrons. The molecule has 0 atom stereocenters. The summed E-state index contributed by atoms with van der Waals surface area (Å²) in [6, 6.07) is 10.3. The van der Waals surface area contributed by atoms with Crippen molar-refractivity contribution in [3.63, 3.8) is 0 Å². The monoisotopic (exact) mass is 170 g/mol. The number of hydrogen-bond acceptors (Lipinski definition) is 1. The minimum absolute atomic E-state index is 1.03.